The highest BCUT2D eigenvalue weighted by molar-refractivity contribution is 7.89. The Morgan fingerprint density at radius 1 is 1.12 bits per heavy atom. The third-order valence-corrected chi connectivity index (χ3v) is 4.82. The van der Waals surface area contributed by atoms with E-state index in [0.29, 0.717) is 17.0 Å². The van der Waals surface area contributed by atoms with Crippen LogP contribution in [0.1, 0.15) is 23.6 Å². The molecule has 3 N–H and O–H groups in total. The SMILES string of the molecule is Cc1ccc(O[C@@H](C)C(=O)Nc2cc(S(N)(=O)=O)cc(C)c2C)cc1. The van der Waals surface area contributed by atoms with E-state index >= 15 is 0 Å². The van der Waals surface area contributed by atoms with E-state index in [-0.39, 0.29) is 10.8 Å². The number of primary sulfonamides is 1. The van der Waals surface area contributed by atoms with Gasteiger partial charge in [0, 0.05) is 5.69 Å². The molecule has 0 aliphatic rings. The Morgan fingerprint density at radius 2 is 1.72 bits per heavy atom. The van der Waals surface area contributed by atoms with E-state index in [1.54, 1.807) is 32.9 Å². The molecule has 134 valence electrons. The van der Waals surface area contributed by atoms with Gasteiger partial charge in [-0.05, 0) is 63.1 Å². The Balaban J connectivity index is 2.19. The molecule has 2 aromatic rings. The maximum Gasteiger partial charge on any atom is 0.265 e. The molecule has 0 bridgehead atoms. The molecule has 0 saturated carbocycles. The standard InChI is InChI=1S/C18H22N2O4S/c1-11-5-7-15(8-6-11)24-14(4)18(21)20-17-10-16(25(19,22)23)9-12(2)13(17)3/h5-10,14H,1-4H3,(H,20,21)(H2,19,22,23)/t14-/m0/s1. The Bertz CT molecular complexity index is 890. The van der Waals surface area contributed by atoms with Gasteiger partial charge in [0.15, 0.2) is 6.10 Å². The van der Waals surface area contributed by atoms with E-state index in [4.69, 9.17) is 9.88 Å². The largest absolute Gasteiger partial charge is 0.481 e. The molecule has 1 amide bonds. The quantitative estimate of drug-likeness (QED) is 0.854. The number of carbonyl (C=O) groups is 1. The first-order valence-corrected chi connectivity index (χ1v) is 9.31. The van der Waals surface area contributed by atoms with Gasteiger partial charge in [-0.25, -0.2) is 13.6 Å². The van der Waals surface area contributed by atoms with Gasteiger partial charge in [0.05, 0.1) is 4.90 Å². The molecule has 25 heavy (non-hydrogen) atoms. The second-order valence-corrected chi connectivity index (χ2v) is 7.58. The van der Waals surface area contributed by atoms with Crippen LogP contribution < -0.4 is 15.2 Å². The molecular weight excluding hydrogens is 340 g/mol. The average Bonchev–Trinajstić information content (AvgIpc) is 2.52. The first kappa shape index (κ1) is 19.0. The zero-order valence-electron chi connectivity index (χ0n) is 14.7. The summed E-state index contributed by atoms with van der Waals surface area (Å²) < 4.78 is 28.8. The summed E-state index contributed by atoms with van der Waals surface area (Å²) in [7, 11) is -3.86. The van der Waals surface area contributed by atoms with E-state index in [2.05, 4.69) is 5.32 Å². The van der Waals surface area contributed by atoms with Crippen molar-refractivity contribution in [3.63, 3.8) is 0 Å². The molecule has 0 radical (unpaired) electrons. The third-order valence-electron chi connectivity index (χ3n) is 3.93. The van der Waals surface area contributed by atoms with Crippen molar-refractivity contribution in [3.8, 4) is 5.75 Å². The van der Waals surface area contributed by atoms with Crippen LogP contribution in [0.25, 0.3) is 0 Å². The van der Waals surface area contributed by atoms with Crippen LogP contribution in [0.15, 0.2) is 41.3 Å². The first-order chi connectivity index (χ1) is 11.6. The van der Waals surface area contributed by atoms with Crippen molar-refractivity contribution in [2.24, 2.45) is 5.14 Å². The van der Waals surface area contributed by atoms with Crippen LogP contribution in [0.2, 0.25) is 0 Å². The van der Waals surface area contributed by atoms with Crippen molar-refractivity contribution in [2.75, 3.05) is 5.32 Å². The van der Waals surface area contributed by atoms with Crippen LogP contribution in [-0.2, 0) is 14.8 Å². The summed E-state index contributed by atoms with van der Waals surface area (Å²) in [6, 6.07) is 10.2. The van der Waals surface area contributed by atoms with Gasteiger partial charge in [-0.2, -0.15) is 0 Å². The normalized spacial score (nSPS) is 12.5. The Kier molecular flexibility index (Phi) is 5.49. The monoisotopic (exact) mass is 362 g/mol. The highest BCUT2D eigenvalue weighted by atomic mass is 32.2. The average molecular weight is 362 g/mol. The lowest BCUT2D eigenvalue weighted by Gasteiger charge is -2.17. The lowest BCUT2D eigenvalue weighted by Crippen LogP contribution is -2.30. The van der Waals surface area contributed by atoms with Gasteiger partial charge in [-0.1, -0.05) is 17.7 Å². The van der Waals surface area contributed by atoms with E-state index < -0.39 is 16.1 Å². The van der Waals surface area contributed by atoms with Crippen LogP contribution >= 0.6 is 0 Å². The van der Waals surface area contributed by atoms with Gasteiger partial charge < -0.3 is 10.1 Å². The fourth-order valence-corrected chi connectivity index (χ4v) is 2.85. The number of benzene rings is 2. The molecule has 2 rings (SSSR count). The molecule has 0 heterocycles. The molecule has 0 saturated heterocycles. The maximum atomic E-state index is 12.4. The molecular formula is C18H22N2O4S. The molecule has 1 atom stereocenters. The van der Waals surface area contributed by atoms with E-state index in [9.17, 15) is 13.2 Å². The van der Waals surface area contributed by atoms with Crippen molar-refractivity contribution in [1.29, 1.82) is 0 Å². The lowest BCUT2D eigenvalue weighted by molar-refractivity contribution is -0.122. The van der Waals surface area contributed by atoms with Crippen molar-refractivity contribution in [2.45, 2.75) is 38.7 Å². The van der Waals surface area contributed by atoms with E-state index in [1.165, 1.54) is 12.1 Å². The summed E-state index contributed by atoms with van der Waals surface area (Å²) >= 11 is 0. The van der Waals surface area contributed by atoms with Crippen LogP contribution in [0.4, 0.5) is 5.69 Å². The molecule has 0 aliphatic heterocycles. The number of amides is 1. The molecule has 7 heteroatoms. The van der Waals surface area contributed by atoms with Gasteiger partial charge in [0.2, 0.25) is 10.0 Å². The molecule has 0 fully saturated rings. The third kappa shape index (κ3) is 4.80. The highest BCUT2D eigenvalue weighted by Crippen LogP contribution is 2.24. The van der Waals surface area contributed by atoms with E-state index in [1.807, 2.05) is 19.1 Å². The zero-order chi connectivity index (χ0) is 18.8. The van der Waals surface area contributed by atoms with Crippen molar-refractivity contribution >= 4 is 21.6 Å². The number of carbonyl (C=O) groups excluding carboxylic acids is 1. The maximum absolute atomic E-state index is 12.4. The molecule has 0 spiro atoms. The van der Waals surface area contributed by atoms with Gasteiger partial charge >= 0.3 is 0 Å². The minimum absolute atomic E-state index is 0.0435. The predicted octanol–water partition coefficient (Wildman–Crippen LogP) is 2.67. The number of aryl methyl sites for hydroxylation is 2. The van der Waals surface area contributed by atoms with Crippen LogP contribution in [0.3, 0.4) is 0 Å². The summed E-state index contributed by atoms with van der Waals surface area (Å²) in [4.78, 5) is 12.3. The summed E-state index contributed by atoms with van der Waals surface area (Å²) in [6.07, 6.45) is -0.749. The Hall–Kier alpha value is -2.38. The summed E-state index contributed by atoms with van der Waals surface area (Å²) in [5, 5.41) is 7.90. The van der Waals surface area contributed by atoms with Gasteiger partial charge in [-0.15, -0.1) is 0 Å². The molecule has 0 aromatic heterocycles. The lowest BCUT2D eigenvalue weighted by atomic mass is 10.1. The fourth-order valence-electron chi connectivity index (χ4n) is 2.23. The molecule has 2 aromatic carbocycles. The highest BCUT2D eigenvalue weighted by Gasteiger charge is 2.18. The second-order valence-electron chi connectivity index (χ2n) is 6.02. The summed E-state index contributed by atoms with van der Waals surface area (Å²) in [6.45, 7) is 7.14. The number of rotatable bonds is 5. The Labute approximate surface area is 148 Å². The van der Waals surface area contributed by atoms with Crippen molar-refractivity contribution in [1.82, 2.24) is 0 Å². The zero-order valence-corrected chi connectivity index (χ0v) is 15.5. The van der Waals surface area contributed by atoms with Gasteiger partial charge in [-0.3, -0.25) is 4.79 Å². The van der Waals surface area contributed by atoms with Crippen LogP contribution in [0, 0.1) is 20.8 Å². The second kappa shape index (κ2) is 7.25. The molecule has 0 unspecified atom stereocenters. The van der Waals surface area contributed by atoms with Crippen LogP contribution in [-0.4, -0.2) is 20.4 Å². The van der Waals surface area contributed by atoms with E-state index in [0.717, 1.165) is 11.1 Å². The van der Waals surface area contributed by atoms with Crippen molar-refractivity contribution in [3.05, 3.63) is 53.1 Å². The Morgan fingerprint density at radius 3 is 2.28 bits per heavy atom. The summed E-state index contributed by atoms with van der Waals surface area (Å²) in [5.41, 5.74) is 2.97. The van der Waals surface area contributed by atoms with Gasteiger partial charge in [0.1, 0.15) is 5.75 Å². The number of nitrogens with one attached hydrogen (secondary N) is 1. The van der Waals surface area contributed by atoms with Crippen molar-refractivity contribution < 1.29 is 17.9 Å². The number of hydrogen-bond acceptors (Lipinski definition) is 4. The van der Waals surface area contributed by atoms with Gasteiger partial charge in [0.25, 0.3) is 5.91 Å². The smallest absolute Gasteiger partial charge is 0.265 e. The number of ether oxygens (including phenoxy) is 1. The number of nitrogens with two attached hydrogens (primary N) is 1. The molecule has 0 aliphatic carbocycles. The minimum atomic E-state index is -3.86. The summed E-state index contributed by atoms with van der Waals surface area (Å²) in [5.74, 6) is 0.203. The topological polar surface area (TPSA) is 98.5 Å². The molecule has 6 nitrogen and oxygen atoms in total. The van der Waals surface area contributed by atoms with Crippen LogP contribution in [0.5, 0.6) is 5.75 Å². The number of anilines is 1. The number of hydrogen-bond donors (Lipinski definition) is 2. The fraction of sp³-hybridized carbons (Fsp3) is 0.278. The number of sulfonamides is 1. The first-order valence-electron chi connectivity index (χ1n) is 7.76. The predicted molar refractivity (Wildman–Crippen MR) is 97.2 cm³/mol. The minimum Gasteiger partial charge on any atom is -0.481 e.